The van der Waals surface area contributed by atoms with Crippen LogP contribution in [-0.2, 0) is 11.3 Å². The number of hydrogen-bond donors (Lipinski definition) is 1. The Bertz CT molecular complexity index is 1120. The second-order valence-corrected chi connectivity index (χ2v) is 7.61. The van der Waals surface area contributed by atoms with E-state index in [4.69, 9.17) is 9.47 Å². The highest BCUT2D eigenvalue weighted by Crippen LogP contribution is 2.34. The van der Waals surface area contributed by atoms with Crippen molar-refractivity contribution in [3.05, 3.63) is 34.9 Å². The van der Waals surface area contributed by atoms with E-state index in [9.17, 15) is 9.59 Å². The van der Waals surface area contributed by atoms with Gasteiger partial charge in [0.25, 0.3) is 5.56 Å². The molecule has 2 aliphatic rings. The molecule has 0 bridgehead atoms. The highest BCUT2D eigenvalue weighted by molar-refractivity contribution is 7.22. The lowest BCUT2D eigenvalue weighted by atomic mass is 10.3. The molecule has 4 heterocycles. The Morgan fingerprint density at radius 3 is 2.89 bits per heavy atom. The molecule has 2 aliphatic heterocycles. The standard InChI is InChI=1S/C18H17N5O4S/c24-14(20-11-3-4-12-13(7-11)27-10-26-12)8-23-9-19-16-15(17(23)25)28-18(21-16)22-5-1-2-6-22/h3-4,7,9H,1-2,5-6,8,10H2,(H,20,24). The predicted octanol–water partition coefficient (Wildman–Crippen LogP) is 1.82. The topological polar surface area (TPSA) is 98.6 Å². The Hall–Kier alpha value is -3.14. The number of hydrogen-bond acceptors (Lipinski definition) is 8. The first-order chi connectivity index (χ1) is 13.7. The lowest BCUT2D eigenvalue weighted by Crippen LogP contribution is -2.27. The van der Waals surface area contributed by atoms with E-state index in [1.807, 2.05) is 0 Å². The molecular weight excluding hydrogens is 382 g/mol. The van der Waals surface area contributed by atoms with Crippen molar-refractivity contribution in [3.8, 4) is 11.5 Å². The van der Waals surface area contributed by atoms with Crippen molar-refractivity contribution in [2.45, 2.75) is 19.4 Å². The maximum absolute atomic E-state index is 12.8. The summed E-state index contributed by atoms with van der Waals surface area (Å²) >= 11 is 1.34. The zero-order valence-electron chi connectivity index (χ0n) is 14.9. The second kappa shape index (κ2) is 6.79. The molecule has 1 aromatic carbocycles. The van der Waals surface area contributed by atoms with Crippen molar-refractivity contribution in [2.24, 2.45) is 0 Å². The molecule has 0 atom stereocenters. The van der Waals surface area contributed by atoms with Crippen LogP contribution in [0.2, 0.25) is 0 Å². The van der Waals surface area contributed by atoms with Crippen molar-refractivity contribution in [2.75, 3.05) is 30.1 Å². The summed E-state index contributed by atoms with van der Waals surface area (Å²) in [5, 5.41) is 3.58. The maximum atomic E-state index is 12.8. The van der Waals surface area contributed by atoms with Gasteiger partial charge < -0.3 is 19.7 Å². The van der Waals surface area contributed by atoms with Gasteiger partial charge in [-0.1, -0.05) is 11.3 Å². The zero-order valence-corrected chi connectivity index (χ0v) is 15.7. The fourth-order valence-corrected chi connectivity index (χ4v) is 4.34. The lowest BCUT2D eigenvalue weighted by molar-refractivity contribution is -0.116. The fraction of sp³-hybridized carbons (Fsp3) is 0.333. The summed E-state index contributed by atoms with van der Waals surface area (Å²) in [7, 11) is 0. The van der Waals surface area contributed by atoms with E-state index >= 15 is 0 Å². The van der Waals surface area contributed by atoms with Gasteiger partial charge in [-0.2, -0.15) is 4.98 Å². The minimum atomic E-state index is -0.327. The van der Waals surface area contributed by atoms with Gasteiger partial charge in [0, 0.05) is 24.8 Å². The van der Waals surface area contributed by atoms with Gasteiger partial charge in [-0.3, -0.25) is 14.2 Å². The number of carbonyl (C=O) groups excluding carboxylic acids is 1. The molecule has 1 fully saturated rings. The average Bonchev–Trinajstić information content (AvgIpc) is 3.43. The molecular formula is C18H17N5O4S. The number of thiazole rings is 1. The van der Waals surface area contributed by atoms with Crippen LogP contribution in [0.1, 0.15) is 12.8 Å². The largest absolute Gasteiger partial charge is 0.454 e. The van der Waals surface area contributed by atoms with Crippen molar-refractivity contribution in [3.63, 3.8) is 0 Å². The third kappa shape index (κ3) is 3.05. The number of fused-ring (bicyclic) bond motifs is 2. The fourth-order valence-electron chi connectivity index (χ4n) is 3.32. The predicted molar refractivity (Wildman–Crippen MR) is 104 cm³/mol. The van der Waals surface area contributed by atoms with Gasteiger partial charge in [-0.15, -0.1) is 0 Å². The second-order valence-electron chi connectivity index (χ2n) is 6.64. The minimum absolute atomic E-state index is 0.132. The van der Waals surface area contributed by atoms with Gasteiger partial charge >= 0.3 is 0 Å². The third-order valence-corrected chi connectivity index (χ3v) is 5.81. The Labute approximate surface area is 163 Å². The van der Waals surface area contributed by atoms with Gasteiger partial charge in [0.1, 0.15) is 17.6 Å². The number of rotatable bonds is 4. The maximum Gasteiger partial charge on any atom is 0.273 e. The van der Waals surface area contributed by atoms with Crippen LogP contribution >= 0.6 is 11.3 Å². The number of anilines is 2. The highest BCUT2D eigenvalue weighted by atomic mass is 32.1. The van der Waals surface area contributed by atoms with E-state index in [2.05, 4.69) is 20.2 Å². The normalized spacial score (nSPS) is 15.4. The van der Waals surface area contributed by atoms with E-state index in [1.54, 1.807) is 18.2 Å². The van der Waals surface area contributed by atoms with Crippen LogP contribution in [0.4, 0.5) is 10.8 Å². The molecule has 9 nitrogen and oxygen atoms in total. The molecule has 2 aromatic heterocycles. The van der Waals surface area contributed by atoms with Gasteiger partial charge in [0.15, 0.2) is 22.3 Å². The summed E-state index contributed by atoms with van der Waals surface area (Å²) in [4.78, 5) is 36.0. The zero-order chi connectivity index (χ0) is 19.1. The molecule has 0 spiro atoms. The summed E-state index contributed by atoms with van der Waals surface area (Å²) in [5.74, 6) is 0.895. The molecule has 3 aromatic rings. The Balaban J connectivity index is 1.35. The van der Waals surface area contributed by atoms with Crippen molar-refractivity contribution in [1.82, 2.24) is 14.5 Å². The van der Waals surface area contributed by atoms with Crippen LogP contribution in [0, 0.1) is 0 Å². The number of benzene rings is 1. The first kappa shape index (κ1) is 17.0. The average molecular weight is 399 g/mol. The Morgan fingerprint density at radius 2 is 2.04 bits per heavy atom. The molecule has 144 valence electrons. The first-order valence-corrected chi connectivity index (χ1v) is 9.79. The van der Waals surface area contributed by atoms with Gasteiger partial charge in [-0.05, 0) is 25.0 Å². The molecule has 0 saturated carbocycles. The Morgan fingerprint density at radius 1 is 1.21 bits per heavy atom. The molecule has 1 amide bonds. The molecule has 0 radical (unpaired) electrons. The number of amides is 1. The summed E-state index contributed by atoms with van der Waals surface area (Å²) in [6, 6.07) is 5.14. The number of ether oxygens (including phenoxy) is 2. The summed E-state index contributed by atoms with van der Waals surface area (Å²) < 4.78 is 12.3. The molecule has 1 saturated heterocycles. The molecule has 1 N–H and O–H groups in total. The number of nitrogens with zero attached hydrogens (tertiary/aromatic N) is 4. The van der Waals surface area contributed by atoms with E-state index in [1.165, 1.54) is 22.2 Å². The van der Waals surface area contributed by atoms with Crippen LogP contribution < -0.4 is 25.2 Å². The number of aromatic nitrogens is 3. The quantitative estimate of drug-likeness (QED) is 0.714. The third-order valence-electron chi connectivity index (χ3n) is 4.72. The van der Waals surface area contributed by atoms with Crippen LogP contribution in [0.3, 0.4) is 0 Å². The van der Waals surface area contributed by atoms with Gasteiger partial charge in [0.2, 0.25) is 12.7 Å². The van der Waals surface area contributed by atoms with E-state index in [0.717, 1.165) is 31.1 Å². The van der Waals surface area contributed by atoms with E-state index < -0.39 is 0 Å². The van der Waals surface area contributed by atoms with Crippen molar-refractivity contribution < 1.29 is 14.3 Å². The number of carbonyl (C=O) groups is 1. The molecule has 5 rings (SSSR count). The molecule has 10 heteroatoms. The first-order valence-electron chi connectivity index (χ1n) is 8.98. The Kier molecular flexibility index (Phi) is 4.12. The highest BCUT2D eigenvalue weighted by Gasteiger charge is 2.19. The van der Waals surface area contributed by atoms with Crippen molar-refractivity contribution in [1.29, 1.82) is 0 Å². The summed E-state index contributed by atoms with van der Waals surface area (Å²) in [5.41, 5.74) is 0.753. The smallest absolute Gasteiger partial charge is 0.273 e. The van der Waals surface area contributed by atoms with E-state index in [-0.39, 0.29) is 24.8 Å². The van der Waals surface area contributed by atoms with Crippen LogP contribution in [0.25, 0.3) is 10.3 Å². The van der Waals surface area contributed by atoms with Crippen LogP contribution in [0.15, 0.2) is 29.3 Å². The minimum Gasteiger partial charge on any atom is -0.454 e. The molecule has 0 unspecified atom stereocenters. The SMILES string of the molecule is O=C(Cn1cnc2nc(N3CCCC3)sc2c1=O)Nc1ccc2c(c1)OCO2. The summed E-state index contributed by atoms with van der Waals surface area (Å²) in [6.45, 7) is 1.94. The van der Waals surface area contributed by atoms with Crippen LogP contribution in [-0.4, -0.2) is 40.3 Å². The van der Waals surface area contributed by atoms with E-state index in [0.29, 0.717) is 27.5 Å². The monoisotopic (exact) mass is 399 g/mol. The molecule has 28 heavy (non-hydrogen) atoms. The van der Waals surface area contributed by atoms with Gasteiger partial charge in [0.05, 0.1) is 0 Å². The number of nitrogens with one attached hydrogen (secondary N) is 1. The van der Waals surface area contributed by atoms with Crippen LogP contribution in [0.5, 0.6) is 11.5 Å². The van der Waals surface area contributed by atoms with Crippen molar-refractivity contribution >= 4 is 38.4 Å². The van der Waals surface area contributed by atoms with Gasteiger partial charge in [-0.25, -0.2) is 4.98 Å². The molecule has 0 aliphatic carbocycles. The lowest BCUT2D eigenvalue weighted by Gasteiger charge is -2.11. The summed E-state index contributed by atoms with van der Waals surface area (Å²) in [6.07, 6.45) is 3.64.